The van der Waals surface area contributed by atoms with Crippen LogP contribution in [0.15, 0.2) is 0 Å². The highest BCUT2D eigenvalue weighted by Crippen LogP contribution is 2.29. The van der Waals surface area contributed by atoms with Gasteiger partial charge in [0.1, 0.15) is 0 Å². The second-order valence-corrected chi connectivity index (χ2v) is 6.18. The summed E-state index contributed by atoms with van der Waals surface area (Å²) in [7, 11) is 0. The van der Waals surface area contributed by atoms with Crippen LogP contribution < -0.4 is 0 Å². The van der Waals surface area contributed by atoms with Crippen molar-refractivity contribution in [3.63, 3.8) is 0 Å². The molecule has 2 rings (SSSR count). The van der Waals surface area contributed by atoms with Gasteiger partial charge in [0, 0.05) is 19.2 Å². The van der Waals surface area contributed by atoms with Gasteiger partial charge in [0.05, 0.1) is 12.2 Å². The fourth-order valence-electron chi connectivity index (χ4n) is 3.42. The molecule has 0 amide bonds. The minimum Gasteiger partial charge on any atom is -0.391 e. The highest BCUT2D eigenvalue weighted by Gasteiger charge is 2.34. The van der Waals surface area contributed by atoms with E-state index in [1.165, 1.54) is 19.3 Å². The van der Waals surface area contributed by atoms with Crippen LogP contribution in [0.3, 0.4) is 0 Å². The minimum absolute atomic E-state index is 0.119. The summed E-state index contributed by atoms with van der Waals surface area (Å²) >= 11 is 0. The van der Waals surface area contributed by atoms with Gasteiger partial charge >= 0.3 is 0 Å². The third-order valence-corrected chi connectivity index (χ3v) is 4.48. The number of nitrogens with zero attached hydrogens (tertiary/aromatic N) is 1. The lowest BCUT2D eigenvalue weighted by molar-refractivity contribution is -0.0522. The Hall–Kier alpha value is -0.120. The summed E-state index contributed by atoms with van der Waals surface area (Å²) in [5.74, 6) is 0.760. The molecule has 0 aromatic heterocycles. The number of aliphatic hydroxyl groups is 1. The number of likely N-dealkylation sites (tertiary alicyclic amines) is 1. The average molecular weight is 255 g/mol. The predicted molar refractivity (Wildman–Crippen MR) is 73.6 cm³/mol. The summed E-state index contributed by atoms with van der Waals surface area (Å²) in [6.45, 7) is 7.51. The number of aliphatic hydroxyl groups excluding tert-OH is 1. The predicted octanol–water partition coefficient (Wildman–Crippen LogP) is 2.43. The Kier molecular flexibility index (Phi) is 5.46. The molecule has 1 saturated heterocycles. The van der Waals surface area contributed by atoms with E-state index < -0.39 is 0 Å². The van der Waals surface area contributed by atoms with Gasteiger partial charge < -0.3 is 9.84 Å². The van der Waals surface area contributed by atoms with Crippen molar-refractivity contribution in [2.24, 2.45) is 5.92 Å². The van der Waals surface area contributed by atoms with Crippen LogP contribution in [-0.2, 0) is 4.74 Å². The van der Waals surface area contributed by atoms with Gasteiger partial charge in [-0.15, -0.1) is 0 Å². The Morgan fingerprint density at radius 3 is 2.89 bits per heavy atom. The maximum absolute atomic E-state index is 10.2. The zero-order chi connectivity index (χ0) is 13.0. The smallest absolute Gasteiger partial charge is 0.0702 e. The van der Waals surface area contributed by atoms with Gasteiger partial charge in [-0.1, -0.05) is 13.8 Å². The zero-order valence-electron chi connectivity index (χ0n) is 12.0. The molecule has 1 saturated carbocycles. The van der Waals surface area contributed by atoms with Gasteiger partial charge in [0.2, 0.25) is 0 Å². The molecule has 3 nitrogen and oxygen atoms in total. The Balaban J connectivity index is 1.86. The van der Waals surface area contributed by atoms with Gasteiger partial charge in [-0.2, -0.15) is 0 Å². The number of ether oxygens (including phenoxy) is 1. The SMILES string of the molecule is CCCOC1CCCN(C2CC(C)CCC2O)C1. The van der Waals surface area contributed by atoms with Gasteiger partial charge in [-0.05, 0) is 51.0 Å². The standard InChI is InChI=1S/C15H29NO2/c1-3-9-18-13-5-4-8-16(11-13)14-10-12(2)6-7-15(14)17/h12-15,17H,3-11H2,1-2H3. The molecule has 0 bridgehead atoms. The third-order valence-electron chi connectivity index (χ3n) is 4.48. The van der Waals surface area contributed by atoms with Crippen molar-refractivity contribution >= 4 is 0 Å². The van der Waals surface area contributed by atoms with Gasteiger partial charge in [-0.3, -0.25) is 4.90 Å². The van der Waals surface area contributed by atoms with Crippen LogP contribution in [0.5, 0.6) is 0 Å². The molecule has 0 radical (unpaired) electrons. The first-order valence-electron chi connectivity index (χ1n) is 7.74. The number of hydrogen-bond acceptors (Lipinski definition) is 3. The third kappa shape index (κ3) is 3.69. The largest absolute Gasteiger partial charge is 0.391 e. The highest BCUT2D eigenvalue weighted by atomic mass is 16.5. The molecule has 1 aliphatic heterocycles. The molecule has 2 aliphatic rings. The van der Waals surface area contributed by atoms with E-state index in [2.05, 4.69) is 18.7 Å². The summed E-state index contributed by atoms with van der Waals surface area (Å²) in [4.78, 5) is 2.49. The first-order chi connectivity index (χ1) is 8.70. The van der Waals surface area contributed by atoms with Gasteiger partial charge in [0.25, 0.3) is 0 Å². The molecule has 0 spiro atoms. The van der Waals surface area contributed by atoms with E-state index in [4.69, 9.17) is 4.74 Å². The summed E-state index contributed by atoms with van der Waals surface area (Å²) in [6.07, 6.45) is 7.08. The average Bonchev–Trinajstić information content (AvgIpc) is 2.39. The molecule has 2 fully saturated rings. The molecule has 1 N–H and O–H groups in total. The fourth-order valence-corrected chi connectivity index (χ4v) is 3.42. The quantitative estimate of drug-likeness (QED) is 0.837. The second-order valence-electron chi connectivity index (χ2n) is 6.18. The fraction of sp³-hybridized carbons (Fsp3) is 1.00. The van der Waals surface area contributed by atoms with Crippen LogP contribution in [-0.4, -0.2) is 48.0 Å². The summed E-state index contributed by atoms with van der Waals surface area (Å²) in [6, 6.07) is 0.377. The lowest BCUT2D eigenvalue weighted by Crippen LogP contribution is -2.52. The normalized spacial score (nSPS) is 38.8. The lowest BCUT2D eigenvalue weighted by atomic mass is 9.83. The van der Waals surface area contributed by atoms with E-state index in [-0.39, 0.29) is 6.10 Å². The molecule has 4 unspecified atom stereocenters. The Labute approximate surface area is 112 Å². The number of piperidine rings is 1. The first kappa shape index (κ1) is 14.3. The van der Waals surface area contributed by atoms with Crippen LogP contribution in [0.4, 0.5) is 0 Å². The summed E-state index contributed by atoms with van der Waals surface area (Å²) in [5, 5.41) is 10.2. The molecule has 0 aromatic rings. The van der Waals surface area contributed by atoms with Crippen molar-refractivity contribution in [2.75, 3.05) is 19.7 Å². The monoisotopic (exact) mass is 255 g/mol. The van der Waals surface area contributed by atoms with E-state index in [0.717, 1.165) is 44.9 Å². The molecule has 1 heterocycles. The maximum atomic E-state index is 10.2. The van der Waals surface area contributed by atoms with E-state index in [1.807, 2.05) is 0 Å². The maximum Gasteiger partial charge on any atom is 0.0702 e. The van der Waals surface area contributed by atoms with Gasteiger partial charge in [-0.25, -0.2) is 0 Å². The zero-order valence-corrected chi connectivity index (χ0v) is 12.0. The number of rotatable bonds is 4. The topological polar surface area (TPSA) is 32.7 Å². The van der Waals surface area contributed by atoms with Crippen LogP contribution >= 0.6 is 0 Å². The van der Waals surface area contributed by atoms with Crippen molar-refractivity contribution in [1.29, 1.82) is 0 Å². The highest BCUT2D eigenvalue weighted by molar-refractivity contribution is 4.88. The van der Waals surface area contributed by atoms with Crippen molar-refractivity contribution in [2.45, 2.75) is 70.6 Å². The molecule has 0 aromatic carbocycles. The molecule has 106 valence electrons. The first-order valence-corrected chi connectivity index (χ1v) is 7.74. The molecule has 18 heavy (non-hydrogen) atoms. The Morgan fingerprint density at radius 1 is 1.28 bits per heavy atom. The van der Waals surface area contributed by atoms with Crippen LogP contribution in [0.25, 0.3) is 0 Å². The van der Waals surface area contributed by atoms with Crippen LogP contribution in [0.2, 0.25) is 0 Å². The van der Waals surface area contributed by atoms with E-state index in [9.17, 15) is 5.11 Å². The Morgan fingerprint density at radius 2 is 2.11 bits per heavy atom. The van der Waals surface area contributed by atoms with Crippen LogP contribution in [0.1, 0.15) is 52.4 Å². The van der Waals surface area contributed by atoms with Crippen LogP contribution in [0, 0.1) is 5.92 Å². The van der Waals surface area contributed by atoms with E-state index in [0.29, 0.717) is 12.1 Å². The summed E-state index contributed by atoms with van der Waals surface area (Å²) < 4.78 is 5.89. The van der Waals surface area contributed by atoms with Crippen molar-refractivity contribution in [1.82, 2.24) is 4.90 Å². The summed E-state index contributed by atoms with van der Waals surface area (Å²) in [5.41, 5.74) is 0. The molecule has 1 aliphatic carbocycles. The molecule has 4 atom stereocenters. The van der Waals surface area contributed by atoms with Crippen molar-refractivity contribution in [3.8, 4) is 0 Å². The van der Waals surface area contributed by atoms with Gasteiger partial charge in [0.15, 0.2) is 0 Å². The van der Waals surface area contributed by atoms with E-state index in [1.54, 1.807) is 0 Å². The van der Waals surface area contributed by atoms with Crippen molar-refractivity contribution < 1.29 is 9.84 Å². The van der Waals surface area contributed by atoms with Crippen molar-refractivity contribution in [3.05, 3.63) is 0 Å². The molecular formula is C15H29NO2. The Bertz CT molecular complexity index is 247. The lowest BCUT2D eigenvalue weighted by Gasteiger charge is -2.43. The minimum atomic E-state index is -0.119. The second kappa shape index (κ2) is 6.88. The number of hydrogen-bond donors (Lipinski definition) is 1. The molecule has 3 heteroatoms. The van der Waals surface area contributed by atoms with E-state index >= 15 is 0 Å². The molecular weight excluding hydrogens is 226 g/mol.